The molecule has 3 aromatic rings. The summed E-state index contributed by atoms with van der Waals surface area (Å²) in [6, 6.07) is 12.9. The number of aromatic amines is 1. The smallest absolute Gasteiger partial charge is 0.276 e. The van der Waals surface area contributed by atoms with Crippen LogP contribution in [0.3, 0.4) is 0 Å². The number of benzene rings is 1. The van der Waals surface area contributed by atoms with Crippen molar-refractivity contribution in [3.05, 3.63) is 59.3 Å². The fourth-order valence-electron chi connectivity index (χ4n) is 2.94. The lowest BCUT2D eigenvalue weighted by Gasteiger charge is -2.27. The predicted octanol–water partition coefficient (Wildman–Crippen LogP) is 2.73. The molecular formula is C17H17N3O3S. The van der Waals surface area contributed by atoms with Crippen molar-refractivity contribution < 1.29 is 12.8 Å². The van der Waals surface area contributed by atoms with E-state index < -0.39 is 10.0 Å². The number of sulfonamides is 1. The van der Waals surface area contributed by atoms with Gasteiger partial charge >= 0.3 is 0 Å². The molecule has 0 bridgehead atoms. The van der Waals surface area contributed by atoms with Crippen molar-refractivity contribution in [3.8, 4) is 11.5 Å². The van der Waals surface area contributed by atoms with E-state index in [4.69, 9.17) is 4.42 Å². The molecule has 0 aliphatic carbocycles. The second-order valence-electron chi connectivity index (χ2n) is 5.91. The Balaban J connectivity index is 1.63. The fourth-order valence-corrected chi connectivity index (χ4v) is 4.27. The van der Waals surface area contributed by atoms with Crippen molar-refractivity contribution in [1.82, 2.24) is 14.5 Å². The highest BCUT2D eigenvalue weighted by molar-refractivity contribution is 7.89. The predicted molar refractivity (Wildman–Crippen MR) is 88.8 cm³/mol. The number of furan rings is 1. The molecule has 6 nitrogen and oxygen atoms in total. The Hall–Kier alpha value is -2.38. The summed E-state index contributed by atoms with van der Waals surface area (Å²) in [5, 5.41) is 6.87. The van der Waals surface area contributed by atoms with E-state index >= 15 is 0 Å². The van der Waals surface area contributed by atoms with Crippen LogP contribution in [0, 0.1) is 6.92 Å². The first-order chi connectivity index (χ1) is 11.5. The van der Waals surface area contributed by atoms with Crippen LogP contribution >= 0.6 is 0 Å². The maximum atomic E-state index is 12.9. The first-order valence-electron chi connectivity index (χ1n) is 7.73. The first kappa shape index (κ1) is 15.2. The largest absolute Gasteiger partial charge is 0.442 e. The topological polar surface area (TPSA) is 79.2 Å². The average molecular weight is 343 g/mol. The number of hydrogen-bond donors (Lipinski definition) is 1. The van der Waals surface area contributed by atoms with Gasteiger partial charge in [-0.25, -0.2) is 8.42 Å². The van der Waals surface area contributed by atoms with Gasteiger partial charge in [0.1, 0.15) is 5.69 Å². The third kappa shape index (κ3) is 2.55. The van der Waals surface area contributed by atoms with Gasteiger partial charge in [-0.2, -0.15) is 9.40 Å². The highest BCUT2D eigenvalue weighted by Crippen LogP contribution is 2.28. The zero-order valence-corrected chi connectivity index (χ0v) is 14.0. The second kappa shape index (κ2) is 5.61. The summed E-state index contributed by atoms with van der Waals surface area (Å²) in [6.45, 7) is 2.70. The molecule has 1 aliphatic heterocycles. The van der Waals surface area contributed by atoms with Gasteiger partial charge < -0.3 is 4.42 Å². The Labute approximate surface area is 140 Å². The molecule has 3 heterocycles. The van der Waals surface area contributed by atoms with Gasteiger partial charge in [-0.05, 0) is 42.7 Å². The second-order valence-corrected chi connectivity index (χ2v) is 7.78. The van der Waals surface area contributed by atoms with E-state index in [-0.39, 0.29) is 5.09 Å². The van der Waals surface area contributed by atoms with Crippen LogP contribution in [0.15, 0.2) is 52.0 Å². The number of aromatic nitrogens is 2. The number of hydrogen-bond acceptors (Lipinski definition) is 4. The molecule has 0 fully saturated rings. The maximum absolute atomic E-state index is 12.9. The molecule has 124 valence electrons. The maximum Gasteiger partial charge on any atom is 0.276 e. The normalized spacial score (nSPS) is 15.4. The molecule has 7 heteroatoms. The van der Waals surface area contributed by atoms with Crippen LogP contribution < -0.4 is 0 Å². The van der Waals surface area contributed by atoms with Crippen molar-refractivity contribution in [2.75, 3.05) is 6.54 Å². The summed E-state index contributed by atoms with van der Waals surface area (Å²) >= 11 is 0. The Morgan fingerprint density at radius 1 is 1.17 bits per heavy atom. The summed E-state index contributed by atoms with van der Waals surface area (Å²) in [7, 11) is -3.66. The highest BCUT2D eigenvalue weighted by Gasteiger charge is 2.31. The molecule has 0 saturated heterocycles. The van der Waals surface area contributed by atoms with Gasteiger partial charge in [0.05, 0.1) is 0 Å². The minimum absolute atomic E-state index is 0.0439. The van der Waals surface area contributed by atoms with Crippen LogP contribution in [0.2, 0.25) is 0 Å². The van der Waals surface area contributed by atoms with Crippen molar-refractivity contribution >= 4 is 10.0 Å². The number of nitrogens with one attached hydrogen (secondary N) is 1. The van der Waals surface area contributed by atoms with E-state index in [9.17, 15) is 8.42 Å². The van der Waals surface area contributed by atoms with Crippen molar-refractivity contribution in [2.45, 2.75) is 25.0 Å². The van der Waals surface area contributed by atoms with Crippen LogP contribution in [0.4, 0.5) is 0 Å². The molecule has 0 saturated carbocycles. The molecule has 1 aliphatic rings. The average Bonchev–Trinajstić information content (AvgIpc) is 3.23. The summed E-state index contributed by atoms with van der Waals surface area (Å²) in [4.78, 5) is 0. The van der Waals surface area contributed by atoms with E-state index in [0.29, 0.717) is 31.0 Å². The standard InChI is InChI=1S/C17H17N3O3S/c1-12-10-15(19-18-12)16-6-7-17(23-16)24(21,22)20-9-8-13-4-2-3-5-14(13)11-20/h2-7,10H,8-9,11H2,1H3,(H,18,19). The van der Waals surface area contributed by atoms with Crippen molar-refractivity contribution in [1.29, 1.82) is 0 Å². The number of H-pyrrole nitrogens is 1. The van der Waals surface area contributed by atoms with Gasteiger partial charge in [0.2, 0.25) is 5.09 Å². The zero-order chi connectivity index (χ0) is 16.7. The quantitative estimate of drug-likeness (QED) is 0.793. The minimum atomic E-state index is -3.66. The fraction of sp³-hybridized carbons (Fsp3) is 0.235. The number of aryl methyl sites for hydroxylation is 1. The van der Waals surface area contributed by atoms with Crippen LogP contribution in [-0.2, 0) is 23.0 Å². The summed E-state index contributed by atoms with van der Waals surface area (Å²) in [5.41, 5.74) is 3.73. The molecule has 0 radical (unpaired) electrons. The Kier molecular flexibility index (Phi) is 3.54. The number of fused-ring (bicyclic) bond motifs is 1. The molecule has 24 heavy (non-hydrogen) atoms. The van der Waals surface area contributed by atoms with Gasteiger partial charge in [-0.15, -0.1) is 0 Å². The van der Waals surface area contributed by atoms with Crippen LogP contribution in [-0.4, -0.2) is 29.5 Å². The van der Waals surface area contributed by atoms with E-state index in [1.807, 2.05) is 37.3 Å². The number of nitrogens with zero attached hydrogens (tertiary/aromatic N) is 2. The molecule has 1 aromatic carbocycles. The first-order valence-corrected chi connectivity index (χ1v) is 9.17. The highest BCUT2D eigenvalue weighted by atomic mass is 32.2. The van der Waals surface area contributed by atoms with Crippen LogP contribution in [0.5, 0.6) is 0 Å². The van der Waals surface area contributed by atoms with Crippen molar-refractivity contribution in [3.63, 3.8) is 0 Å². The molecule has 4 rings (SSSR count). The molecule has 0 spiro atoms. The molecule has 0 atom stereocenters. The summed E-state index contributed by atoms with van der Waals surface area (Å²) in [5.74, 6) is 0.440. The molecule has 2 aromatic heterocycles. The third-order valence-electron chi connectivity index (χ3n) is 4.23. The van der Waals surface area contributed by atoms with Gasteiger partial charge in [0, 0.05) is 18.8 Å². The van der Waals surface area contributed by atoms with Crippen LogP contribution in [0.1, 0.15) is 16.8 Å². The SMILES string of the molecule is Cc1cc(-c2ccc(S(=O)(=O)N3CCc4ccccc4C3)o2)n[nH]1. The van der Waals surface area contributed by atoms with E-state index in [0.717, 1.165) is 11.3 Å². The number of rotatable bonds is 3. The molecule has 0 unspecified atom stereocenters. The lowest BCUT2D eigenvalue weighted by atomic mass is 10.0. The van der Waals surface area contributed by atoms with E-state index in [2.05, 4.69) is 10.2 Å². The Bertz CT molecular complexity index is 988. The van der Waals surface area contributed by atoms with E-state index in [1.165, 1.54) is 15.9 Å². The molecular weight excluding hydrogens is 326 g/mol. The van der Waals surface area contributed by atoms with Crippen LogP contribution in [0.25, 0.3) is 11.5 Å². The molecule has 0 amide bonds. The van der Waals surface area contributed by atoms with Gasteiger partial charge in [-0.1, -0.05) is 24.3 Å². The Morgan fingerprint density at radius 3 is 2.71 bits per heavy atom. The lowest BCUT2D eigenvalue weighted by Crippen LogP contribution is -2.35. The van der Waals surface area contributed by atoms with Gasteiger partial charge in [0.15, 0.2) is 5.76 Å². The zero-order valence-electron chi connectivity index (χ0n) is 13.2. The monoisotopic (exact) mass is 343 g/mol. The summed E-state index contributed by atoms with van der Waals surface area (Å²) in [6.07, 6.45) is 0.710. The van der Waals surface area contributed by atoms with Gasteiger partial charge in [-0.3, -0.25) is 5.10 Å². The Morgan fingerprint density at radius 2 is 1.96 bits per heavy atom. The van der Waals surface area contributed by atoms with Crippen molar-refractivity contribution in [2.24, 2.45) is 0 Å². The molecule has 1 N–H and O–H groups in total. The minimum Gasteiger partial charge on any atom is -0.442 e. The third-order valence-corrected chi connectivity index (χ3v) is 5.95. The summed E-state index contributed by atoms with van der Waals surface area (Å²) < 4.78 is 32.7. The van der Waals surface area contributed by atoms with Gasteiger partial charge in [0.25, 0.3) is 10.0 Å². The lowest BCUT2D eigenvalue weighted by molar-refractivity contribution is 0.367. The van der Waals surface area contributed by atoms with E-state index in [1.54, 1.807) is 6.07 Å².